The van der Waals surface area contributed by atoms with Crippen LogP contribution in [0.5, 0.6) is 0 Å². The number of amides is 1. The molecule has 1 aliphatic heterocycles. The van der Waals surface area contributed by atoms with Crippen molar-refractivity contribution in [3.8, 4) is 0 Å². The third kappa shape index (κ3) is 7.75. The Kier molecular flexibility index (Phi) is 12.2. The number of guanidine groups is 1. The first-order chi connectivity index (χ1) is 13.6. The minimum Gasteiger partial charge on any atom is -0.357 e. The van der Waals surface area contributed by atoms with Gasteiger partial charge in [0, 0.05) is 52.6 Å². The van der Waals surface area contributed by atoms with Crippen molar-refractivity contribution in [2.75, 3.05) is 39.8 Å². The highest BCUT2D eigenvalue weighted by Gasteiger charge is 2.16. The third-order valence-electron chi connectivity index (χ3n) is 5.19. The minimum absolute atomic E-state index is 0. The number of rotatable bonds is 9. The van der Waals surface area contributed by atoms with Gasteiger partial charge in [0.05, 0.1) is 6.54 Å². The van der Waals surface area contributed by atoms with E-state index in [0.717, 1.165) is 63.0 Å². The van der Waals surface area contributed by atoms with Gasteiger partial charge in [-0.05, 0) is 40.0 Å². The molecule has 1 aromatic rings. The standard InChI is InChI=1S/C20H37N7O.HI/c1-5-21-20(25(4)16-19(28)26(6-2)7-3)22-14-11-13-18-24-23-17-12-9-8-10-15-27(17)18;/h5-16H2,1-4H3,(H,21,22);1H. The Labute approximate surface area is 192 Å². The zero-order valence-corrected chi connectivity index (χ0v) is 20.8. The van der Waals surface area contributed by atoms with Crippen LogP contribution in [0.1, 0.15) is 58.1 Å². The van der Waals surface area contributed by atoms with Gasteiger partial charge in [-0.25, -0.2) is 0 Å². The molecule has 0 unspecified atom stereocenters. The van der Waals surface area contributed by atoms with Gasteiger partial charge in [0.25, 0.3) is 0 Å². The first-order valence-electron chi connectivity index (χ1n) is 10.8. The summed E-state index contributed by atoms with van der Waals surface area (Å²) in [5.74, 6) is 3.13. The van der Waals surface area contributed by atoms with Crippen LogP contribution < -0.4 is 5.32 Å². The monoisotopic (exact) mass is 519 g/mol. The molecule has 0 aliphatic carbocycles. The van der Waals surface area contributed by atoms with Gasteiger partial charge in [0.15, 0.2) is 5.96 Å². The number of halogens is 1. The smallest absolute Gasteiger partial charge is 0.242 e. The van der Waals surface area contributed by atoms with Crippen molar-refractivity contribution in [2.45, 2.75) is 65.8 Å². The Morgan fingerprint density at radius 2 is 1.93 bits per heavy atom. The number of fused-ring (bicyclic) bond motifs is 1. The number of likely N-dealkylation sites (N-methyl/N-ethyl adjacent to an activating group) is 2. The maximum atomic E-state index is 12.4. The van der Waals surface area contributed by atoms with E-state index >= 15 is 0 Å². The van der Waals surface area contributed by atoms with E-state index in [-0.39, 0.29) is 29.9 Å². The van der Waals surface area contributed by atoms with Crippen LogP contribution in [0.25, 0.3) is 0 Å². The van der Waals surface area contributed by atoms with E-state index in [1.54, 1.807) is 0 Å². The molecule has 0 aromatic carbocycles. The van der Waals surface area contributed by atoms with Crippen molar-refractivity contribution in [3.05, 3.63) is 11.6 Å². The normalized spacial score (nSPS) is 13.9. The van der Waals surface area contributed by atoms with Gasteiger partial charge in [-0.3, -0.25) is 9.79 Å². The lowest BCUT2D eigenvalue weighted by Crippen LogP contribution is -2.45. The van der Waals surface area contributed by atoms with Gasteiger partial charge in [-0.1, -0.05) is 6.42 Å². The molecule has 1 N–H and O–H groups in total. The summed E-state index contributed by atoms with van der Waals surface area (Å²) in [4.78, 5) is 20.8. The minimum atomic E-state index is 0. The SMILES string of the molecule is CCNC(=NCCCc1nnc2n1CCCCC2)N(C)CC(=O)N(CC)CC.I. The van der Waals surface area contributed by atoms with Gasteiger partial charge in [0.2, 0.25) is 5.91 Å². The second-order valence-corrected chi connectivity index (χ2v) is 7.26. The fourth-order valence-electron chi connectivity index (χ4n) is 3.58. The Balaban J connectivity index is 0.00000420. The van der Waals surface area contributed by atoms with E-state index < -0.39 is 0 Å². The summed E-state index contributed by atoms with van der Waals surface area (Å²) in [5, 5.41) is 12.0. The Bertz CT molecular complexity index is 643. The molecule has 166 valence electrons. The molecule has 0 spiro atoms. The molecule has 0 atom stereocenters. The maximum absolute atomic E-state index is 12.4. The van der Waals surface area contributed by atoms with Gasteiger partial charge < -0.3 is 19.7 Å². The van der Waals surface area contributed by atoms with Crippen molar-refractivity contribution in [2.24, 2.45) is 4.99 Å². The molecule has 0 saturated heterocycles. The van der Waals surface area contributed by atoms with Crippen molar-refractivity contribution < 1.29 is 4.79 Å². The summed E-state index contributed by atoms with van der Waals surface area (Å²) >= 11 is 0. The molecule has 8 nitrogen and oxygen atoms in total. The highest BCUT2D eigenvalue weighted by Crippen LogP contribution is 2.15. The molecule has 1 aromatic heterocycles. The molecular weight excluding hydrogens is 481 g/mol. The highest BCUT2D eigenvalue weighted by atomic mass is 127. The number of aryl methyl sites for hydroxylation is 2. The van der Waals surface area contributed by atoms with Crippen molar-refractivity contribution >= 4 is 35.8 Å². The fraction of sp³-hybridized carbons (Fsp3) is 0.800. The van der Waals surface area contributed by atoms with E-state index in [0.29, 0.717) is 13.1 Å². The van der Waals surface area contributed by atoms with E-state index in [9.17, 15) is 4.79 Å². The Hall–Kier alpha value is -1.39. The van der Waals surface area contributed by atoms with E-state index in [1.165, 1.54) is 19.3 Å². The number of carbonyl (C=O) groups is 1. The van der Waals surface area contributed by atoms with Crippen LogP contribution in [-0.4, -0.2) is 76.2 Å². The van der Waals surface area contributed by atoms with Crippen molar-refractivity contribution in [1.29, 1.82) is 0 Å². The summed E-state index contributed by atoms with van der Waals surface area (Å²) in [7, 11) is 1.92. The second-order valence-electron chi connectivity index (χ2n) is 7.26. The maximum Gasteiger partial charge on any atom is 0.242 e. The van der Waals surface area contributed by atoms with Gasteiger partial charge in [-0.15, -0.1) is 34.2 Å². The van der Waals surface area contributed by atoms with Gasteiger partial charge >= 0.3 is 0 Å². The molecule has 29 heavy (non-hydrogen) atoms. The largest absolute Gasteiger partial charge is 0.357 e. The molecule has 0 saturated carbocycles. The first kappa shape index (κ1) is 25.6. The molecular formula is C20H38IN7O. The number of aliphatic imine (C=N–C) groups is 1. The number of hydrogen-bond donors (Lipinski definition) is 1. The van der Waals surface area contributed by atoms with E-state index in [4.69, 9.17) is 4.99 Å². The van der Waals surface area contributed by atoms with Crippen LogP contribution in [0.4, 0.5) is 0 Å². The predicted molar refractivity (Wildman–Crippen MR) is 128 cm³/mol. The zero-order valence-electron chi connectivity index (χ0n) is 18.5. The molecule has 1 amide bonds. The van der Waals surface area contributed by atoms with Crippen LogP contribution in [0.2, 0.25) is 0 Å². The molecule has 9 heteroatoms. The van der Waals surface area contributed by atoms with Crippen molar-refractivity contribution in [3.63, 3.8) is 0 Å². The fourth-order valence-corrected chi connectivity index (χ4v) is 3.58. The number of aromatic nitrogens is 3. The lowest BCUT2D eigenvalue weighted by molar-refractivity contribution is -0.131. The van der Waals surface area contributed by atoms with E-state index in [2.05, 4.69) is 20.1 Å². The van der Waals surface area contributed by atoms with Gasteiger partial charge in [0.1, 0.15) is 11.6 Å². The lowest BCUT2D eigenvalue weighted by Gasteiger charge is -2.25. The average molecular weight is 519 g/mol. The van der Waals surface area contributed by atoms with Crippen LogP contribution in [0.15, 0.2) is 4.99 Å². The summed E-state index contributed by atoms with van der Waals surface area (Å²) in [6.45, 7) is 10.4. The second kappa shape index (κ2) is 13.8. The number of hydrogen-bond acceptors (Lipinski definition) is 4. The Morgan fingerprint density at radius 1 is 1.17 bits per heavy atom. The molecule has 0 fully saturated rings. The number of nitrogens with one attached hydrogen (secondary N) is 1. The molecule has 0 bridgehead atoms. The van der Waals surface area contributed by atoms with E-state index in [1.807, 2.05) is 37.6 Å². The predicted octanol–water partition coefficient (Wildman–Crippen LogP) is 2.32. The van der Waals surface area contributed by atoms with Crippen LogP contribution in [0, 0.1) is 0 Å². The third-order valence-corrected chi connectivity index (χ3v) is 5.19. The summed E-state index contributed by atoms with van der Waals surface area (Å²) in [6, 6.07) is 0. The Morgan fingerprint density at radius 3 is 2.62 bits per heavy atom. The highest BCUT2D eigenvalue weighted by molar-refractivity contribution is 14.0. The van der Waals surface area contributed by atoms with Crippen LogP contribution >= 0.6 is 24.0 Å². The van der Waals surface area contributed by atoms with Gasteiger partial charge in [-0.2, -0.15) is 0 Å². The number of carbonyl (C=O) groups excluding carboxylic acids is 1. The summed E-state index contributed by atoms with van der Waals surface area (Å²) in [6.07, 6.45) is 6.56. The summed E-state index contributed by atoms with van der Waals surface area (Å²) < 4.78 is 2.30. The van der Waals surface area contributed by atoms with Crippen LogP contribution in [-0.2, 0) is 24.2 Å². The first-order valence-corrected chi connectivity index (χ1v) is 10.8. The molecule has 2 rings (SSSR count). The molecule has 0 radical (unpaired) electrons. The molecule has 1 aliphatic rings. The van der Waals surface area contributed by atoms with Crippen LogP contribution in [0.3, 0.4) is 0 Å². The summed E-state index contributed by atoms with van der Waals surface area (Å²) in [5.41, 5.74) is 0. The topological polar surface area (TPSA) is 78.6 Å². The lowest BCUT2D eigenvalue weighted by atomic mass is 10.2. The zero-order chi connectivity index (χ0) is 20.4. The molecule has 2 heterocycles. The van der Waals surface area contributed by atoms with Crippen molar-refractivity contribution in [1.82, 2.24) is 29.9 Å². The quantitative estimate of drug-likeness (QED) is 0.235. The number of nitrogens with zero attached hydrogens (tertiary/aromatic N) is 6. The average Bonchev–Trinajstić information content (AvgIpc) is 2.91.